The minimum absolute atomic E-state index is 0.0973. The lowest BCUT2D eigenvalue weighted by molar-refractivity contribution is 0.0646. The largest absolute Gasteiger partial charge is 0.333 e. The molecular weight excluding hydrogens is 328 g/mol. The molecule has 0 N–H and O–H groups in total. The summed E-state index contributed by atoms with van der Waals surface area (Å²) in [7, 11) is 0. The molecular formula is C18H25ClN2OS. The number of rotatable bonds is 3. The molecule has 2 aliphatic rings. The van der Waals surface area contributed by atoms with Gasteiger partial charge in [0.25, 0.3) is 5.91 Å². The fraction of sp³-hybridized carbons (Fsp3) is 0.611. The van der Waals surface area contributed by atoms with Crippen LogP contribution in [-0.4, -0.2) is 59.4 Å². The van der Waals surface area contributed by atoms with Crippen molar-refractivity contribution in [3.8, 4) is 0 Å². The summed E-state index contributed by atoms with van der Waals surface area (Å²) < 4.78 is 0. The zero-order valence-electron chi connectivity index (χ0n) is 13.5. The first-order valence-corrected chi connectivity index (χ1v) is 10.1. The molecule has 2 heterocycles. The molecule has 0 radical (unpaired) electrons. The predicted octanol–water partition coefficient (Wildman–Crippen LogP) is 3.77. The predicted molar refractivity (Wildman–Crippen MR) is 98.5 cm³/mol. The first-order valence-electron chi connectivity index (χ1n) is 8.61. The number of halogens is 1. The Bertz CT molecular complexity index is 534. The van der Waals surface area contributed by atoms with Crippen LogP contribution >= 0.6 is 23.4 Å². The highest BCUT2D eigenvalue weighted by Gasteiger charge is 2.29. The summed E-state index contributed by atoms with van der Waals surface area (Å²) in [5, 5.41) is 0.561. The molecule has 1 aromatic carbocycles. The standard InChI is InChI=1S/C18H25ClN2OS/c19-17-8-3-2-7-16(17)18(22)21-11-6-12-23-14-15(21)13-20-9-4-1-5-10-20/h2-3,7-8,15H,1,4-6,9-14H2. The summed E-state index contributed by atoms with van der Waals surface area (Å²) in [5.41, 5.74) is 0.643. The van der Waals surface area contributed by atoms with Gasteiger partial charge >= 0.3 is 0 Å². The van der Waals surface area contributed by atoms with Crippen LogP contribution in [0.1, 0.15) is 36.0 Å². The lowest BCUT2D eigenvalue weighted by atomic mass is 10.1. The number of nitrogens with zero attached hydrogens (tertiary/aromatic N) is 2. The second kappa shape index (κ2) is 8.41. The maximum atomic E-state index is 13.0. The minimum atomic E-state index is 0.0973. The maximum absolute atomic E-state index is 13.0. The summed E-state index contributed by atoms with van der Waals surface area (Å²) in [5.74, 6) is 2.27. The summed E-state index contributed by atoms with van der Waals surface area (Å²) in [6.45, 7) is 4.20. The Balaban J connectivity index is 1.75. The Morgan fingerprint density at radius 2 is 1.91 bits per heavy atom. The third kappa shape index (κ3) is 4.43. The maximum Gasteiger partial charge on any atom is 0.255 e. The van der Waals surface area contributed by atoms with Crippen LogP contribution in [0.3, 0.4) is 0 Å². The molecule has 3 rings (SSSR count). The van der Waals surface area contributed by atoms with Gasteiger partial charge in [-0.1, -0.05) is 30.2 Å². The zero-order valence-corrected chi connectivity index (χ0v) is 15.1. The number of carbonyl (C=O) groups is 1. The van der Waals surface area contributed by atoms with Crippen LogP contribution in [0.5, 0.6) is 0 Å². The number of likely N-dealkylation sites (tertiary alicyclic amines) is 1. The first-order chi connectivity index (χ1) is 11.3. The van der Waals surface area contributed by atoms with Gasteiger partial charge in [-0.05, 0) is 50.2 Å². The molecule has 0 bridgehead atoms. The van der Waals surface area contributed by atoms with Crippen molar-refractivity contribution in [2.75, 3.05) is 37.7 Å². The lowest BCUT2D eigenvalue weighted by Gasteiger charge is -2.36. The van der Waals surface area contributed by atoms with Gasteiger partial charge in [0.2, 0.25) is 0 Å². The zero-order chi connectivity index (χ0) is 16.1. The first kappa shape index (κ1) is 17.1. The van der Waals surface area contributed by atoms with Gasteiger partial charge in [0.1, 0.15) is 0 Å². The van der Waals surface area contributed by atoms with E-state index in [1.54, 1.807) is 6.07 Å². The van der Waals surface area contributed by atoms with Crippen molar-refractivity contribution in [3.05, 3.63) is 34.9 Å². The second-order valence-electron chi connectivity index (χ2n) is 6.42. The Morgan fingerprint density at radius 1 is 1.13 bits per heavy atom. The van der Waals surface area contributed by atoms with Gasteiger partial charge in [-0.15, -0.1) is 0 Å². The Hall–Kier alpha value is -0.710. The summed E-state index contributed by atoms with van der Waals surface area (Å²) >= 11 is 8.24. The molecule has 0 aromatic heterocycles. The van der Waals surface area contributed by atoms with Crippen molar-refractivity contribution < 1.29 is 4.79 Å². The van der Waals surface area contributed by atoms with E-state index >= 15 is 0 Å². The summed E-state index contributed by atoms with van der Waals surface area (Å²) in [6.07, 6.45) is 4.99. The molecule has 1 atom stereocenters. The number of benzene rings is 1. The number of hydrogen-bond acceptors (Lipinski definition) is 3. The van der Waals surface area contributed by atoms with E-state index in [4.69, 9.17) is 11.6 Å². The van der Waals surface area contributed by atoms with E-state index in [1.165, 1.54) is 32.4 Å². The highest BCUT2D eigenvalue weighted by molar-refractivity contribution is 7.99. The van der Waals surface area contributed by atoms with Crippen molar-refractivity contribution in [3.63, 3.8) is 0 Å². The average Bonchev–Trinajstić information content (AvgIpc) is 2.81. The Labute approximate surface area is 148 Å². The summed E-state index contributed by atoms with van der Waals surface area (Å²) in [4.78, 5) is 17.7. The minimum Gasteiger partial charge on any atom is -0.333 e. The molecule has 1 amide bonds. The lowest BCUT2D eigenvalue weighted by Crippen LogP contribution is -2.49. The topological polar surface area (TPSA) is 23.6 Å². The van der Waals surface area contributed by atoms with Crippen LogP contribution in [0.25, 0.3) is 0 Å². The fourth-order valence-electron chi connectivity index (χ4n) is 3.48. The van der Waals surface area contributed by atoms with Gasteiger partial charge in [-0.2, -0.15) is 11.8 Å². The molecule has 5 heteroatoms. The number of piperidine rings is 1. The van der Waals surface area contributed by atoms with E-state index < -0.39 is 0 Å². The third-order valence-electron chi connectivity index (χ3n) is 4.72. The van der Waals surface area contributed by atoms with Crippen LogP contribution in [0.15, 0.2) is 24.3 Å². The Morgan fingerprint density at radius 3 is 2.70 bits per heavy atom. The van der Waals surface area contributed by atoms with Crippen LogP contribution < -0.4 is 0 Å². The normalized spacial score (nSPS) is 23.5. The van der Waals surface area contributed by atoms with Crippen LogP contribution in [-0.2, 0) is 0 Å². The number of hydrogen-bond donors (Lipinski definition) is 0. The monoisotopic (exact) mass is 352 g/mol. The van der Waals surface area contributed by atoms with E-state index in [9.17, 15) is 4.79 Å². The summed E-state index contributed by atoms with van der Waals surface area (Å²) in [6, 6.07) is 7.72. The molecule has 2 saturated heterocycles. The van der Waals surface area contributed by atoms with Gasteiger partial charge in [-0.25, -0.2) is 0 Å². The molecule has 2 aliphatic heterocycles. The van der Waals surface area contributed by atoms with Gasteiger partial charge in [0.15, 0.2) is 0 Å². The number of amides is 1. The molecule has 0 saturated carbocycles. The van der Waals surface area contributed by atoms with Crippen molar-refractivity contribution in [2.45, 2.75) is 31.7 Å². The van der Waals surface area contributed by atoms with E-state index in [-0.39, 0.29) is 5.91 Å². The fourth-order valence-corrected chi connectivity index (χ4v) is 4.75. The molecule has 2 fully saturated rings. The van der Waals surface area contributed by atoms with Crippen molar-refractivity contribution in [1.82, 2.24) is 9.80 Å². The SMILES string of the molecule is O=C(c1ccccc1Cl)N1CCCSCC1CN1CCCCC1. The van der Waals surface area contributed by atoms with Crippen LogP contribution in [0, 0.1) is 0 Å². The molecule has 0 aliphatic carbocycles. The van der Waals surface area contributed by atoms with E-state index in [1.807, 2.05) is 30.0 Å². The van der Waals surface area contributed by atoms with E-state index in [2.05, 4.69) is 9.80 Å². The number of carbonyl (C=O) groups excluding carboxylic acids is 1. The van der Waals surface area contributed by atoms with Gasteiger partial charge in [0.05, 0.1) is 16.6 Å². The smallest absolute Gasteiger partial charge is 0.255 e. The van der Waals surface area contributed by atoms with Crippen molar-refractivity contribution in [2.24, 2.45) is 0 Å². The molecule has 1 aromatic rings. The van der Waals surface area contributed by atoms with Crippen LogP contribution in [0.4, 0.5) is 0 Å². The van der Waals surface area contributed by atoms with Gasteiger partial charge in [0, 0.05) is 18.8 Å². The van der Waals surface area contributed by atoms with Crippen LogP contribution in [0.2, 0.25) is 5.02 Å². The Kier molecular flexibility index (Phi) is 6.26. The van der Waals surface area contributed by atoms with Crippen molar-refractivity contribution in [1.29, 1.82) is 0 Å². The third-order valence-corrected chi connectivity index (χ3v) is 6.25. The van der Waals surface area contributed by atoms with E-state index in [0.717, 1.165) is 31.0 Å². The second-order valence-corrected chi connectivity index (χ2v) is 7.98. The van der Waals surface area contributed by atoms with Gasteiger partial charge in [-0.3, -0.25) is 4.79 Å². The molecule has 23 heavy (non-hydrogen) atoms. The van der Waals surface area contributed by atoms with E-state index in [0.29, 0.717) is 16.6 Å². The highest BCUT2D eigenvalue weighted by atomic mass is 35.5. The molecule has 3 nitrogen and oxygen atoms in total. The molecule has 1 unspecified atom stereocenters. The molecule has 0 spiro atoms. The molecule has 126 valence electrons. The van der Waals surface area contributed by atoms with Crippen molar-refractivity contribution >= 4 is 29.3 Å². The number of thioether (sulfide) groups is 1. The average molecular weight is 353 g/mol. The van der Waals surface area contributed by atoms with Gasteiger partial charge < -0.3 is 9.80 Å². The highest BCUT2D eigenvalue weighted by Crippen LogP contribution is 2.24. The quantitative estimate of drug-likeness (QED) is 0.827.